The molecule has 0 atom stereocenters. The van der Waals surface area contributed by atoms with Gasteiger partial charge in [-0.2, -0.15) is 0 Å². The molecule has 258 valence electrons. The lowest BCUT2D eigenvalue weighted by Gasteiger charge is -2.37. The van der Waals surface area contributed by atoms with Gasteiger partial charge in [-0.15, -0.1) is 10.2 Å². The second kappa shape index (κ2) is 14.7. The first kappa shape index (κ1) is 33.2. The average molecular weight is 705 g/mol. The highest BCUT2D eigenvalue weighted by Gasteiger charge is 2.38. The summed E-state index contributed by atoms with van der Waals surface area (Å²) in [6.07, 6.45) is 8.23. The number of nitrogens with one attached hydrogen (secondary N) is 1. The number of aromatic amines is 1. The number of aryl methyl sites for hydroxylation is 1. The van der Waals surface area contributed by atoms with Gasteiger partial charge >= 0.3 is 0 Å². The molecule has 8 aromatic rings. The van der Waals surface area contributed by atoms with E-state index in [1.165, 1.54) is 12.1 Å². The van der Waals surface area contributed by atoms with Crippen molar-refractivity contribution in [1.29, 1.82) is 0 Å². The van der Waals surface area contributed by atoms with Gasteiger partial charge in [0.2, 0.25) is 0 Å². The zero-order valence-corrected chi connectivity index (χ0v) is 29.5. The van der Waals surface area contributed by atoms with Crippen LogP contribution in [0.1, 0.15) is 40.2 Å². The molecule has 0 aliphatic heterocycles. The molecule has 0 aliphatic carbocycles. The SMILES string of the molecule is COc1cccc(Sc2nnc(Cc3c[nH]c4cc(F)ccc34)n2CCCc2cn(C(c3ccccc3)(c3ccccc3)c3ccccc3)cn2)c1. The van der Waals surface area contributed by atoms with E-state index in [4.69, 9.17) is 9.72 Å². The molecule has 8 rings (SSSR count). The second-order valence-corrected chi connectivity index (χ2v) is 13.7. The van der Waals surface area contributed by atoms with Crippen LogP contribution in [0.4, 0.5) is 4.39 Å². The van der Waals surface area contributed by atoms with Crippen LogP contribution in [0.3, 0.4) is 0 Å². The normalized spacial score (nSPS) is 11.7. The van der Waals surface area contributed by atoms with Crippen LogP contribution >= 0.6 is 11.8 Å². The van der Waals surface area contributed by atoms with Gasteiger partial charge in [-0.05, 0) is 83.3 Å². The van der Waals surface area contributed by atoms with Crippen molar-refractivity contribution in [1.82, 2.24) is 29.3 Å². The van der Waals surface area contributed by atoms with Crippen LogP contribution in [-0.2, 0) is 24.9 Å². The molecular weight excluding hydrogens is 668 g/mol. The van der Waals surface area contributed by atoms with E-state index in [1.54, 1.807) is 18.9 Å². The Morgan fingerprint density at radius 2 is 1.48 bits per heavy atom. The molecule has 9 heteroatoms. The summed E-state index contributed by atoms with van der Waals surface area (Å²) in [6, 6.07) is 44.7. The van der Waals surface area contributed by atoms with E-state index < -0.39 is 5.54 Å². The molecule has 0 amide bonds. The number of ether oxygens (including phenoxy) is 1. The molecule has 0 bridgehead atoms. The van der Waals surface area contributed by atoms with Crippen LogP contribution < -0.4 is 4.74 Å². The second-order valence-electron chi connectivity index (χ2n) is 12.7. The van der Waals surface area contributed by atoms with Gasteiger partial charge in [-0.25, -0.2) is 9.37 Å². The highest BCUT2D eigenvalue weighted by Crippen LogP contribution is 2.41. The number of nitrogens with zero attached hydrogens (tertiary/aromatic N) is 5. The van der Waals surface area contributed by atoms with Gasteiger partial charge in [0.15, 0.2) is 5.16 Å². The van der Waals surface area contributed by atoms with E-state index in [0.717, 1.165) is 73.3 Å². The van der Waals surface area contributed by atoms with Crippen LogP contribution in [0.25, 0.3) is 10.9 Å². The van der Waals surface area contributed by atoms with E-state index in [2.05, 4.69) is 122 Å². The number of methoxy groups -OCH3 is 1. The lowest BCUT2D eigenvalue weighted by molar-refractivity contribution is 0.413. The van der Waals surface area contributed by atoms with Crippen molar-refractivity contribution in [3.05, 3.63) is 192 Å². The van der Waals surface area contributed by atoms with E-state index in [0.29, 0.717) is 13.0 Å². The number of aromatic nitrogens is 6. The minimum atomic E-state index is -0.612. The number of rotatable bonds is 13. The van der Waals surface area contributed by atoms with Gasteiger partial charge in [0, 0.05) is 41.2 Å². The predicted octanol–water partition coefficient (Wildman–Crippen LogP) is 9.32. The summed E-state index contributed by atoms with van der Waals surface area (Å²) in [5.74, 6) is 1.37. The number of hydrogen-bond acceptors (Lipinski definition) is 5. The topological polar surface area (TPSA) is 73.6 Å². The summed E-state index contributed by atoms with van der Waals surface area (Å²) in [7, 11) is 1.67. The zero-order chi connectivity index (χ0) is 35.3. The van der Waals surface area contributed by atoms with Crippen molar-refractivity contribution in [3.8, 4) is 5.75 Å². The quantitative estimate of drug-likeness (QED) is 0.121. The fraction of sp³-hybridized carbons (Fsp3) is 0.140. The highest BCUT2D eigenvalue weighted by molar-refractivity contribution is 7.99. The first-order chi connectivity index (χ1) is 25.6. The molecule has 3 heterocycles. The molecule has 0 fully saturated rings. The minimum Gasteiger partial charge on any atom is -0.497 e. The third-order valence-corrected chi connectivity index (χ3v) is 10.5. The highest BCUT2D eigenvalue weighted by atomic mass is 32.2. The maximum absolute atomic E-state index is 13.9. The number of fused-ring (bicyclic) bond motifs is 1. The van der Waals surface area contributed by atoms with E-state index in [9.17, 15) is 4.39 Å². The van der Waals surface area contributed by atoms with Crippen LogP contribution in [-0.4, -0.2) is 36.4 Å². The van der Waals surface area contributed by atoms with Gasteiger partial charge in [-0.3, -0.25) is 0 Å². The van der Waals surface area contributed by atoms with Crippen LogP contribution in [0.15, 0.2) is 162 Å². The molecule has 52 heavy (non-hydrogen) atoms. The minimum absolute atomic E-state index is 0.267. The number of hydrogen-bond donors (Lipinski definition) is 1. The number of imidazole rings is 1. The number of halogens is 1. The number of H-pyrrole nitrogens is 1. The Morgan fingerprint density at radius 1 is 0.788 bits per heavy atom. The number of benzene rings is 5. The summed E-state index contributed by atoms with van der Waals surface area (Å²) in [6.45, 7) is 0.694. The van der Waals surface area contributed by atoms with Gasteiger partial charge < -0.3 is 18.9 Å². The van der Waals surface area contributed by atoms with Gasteiger partial charge in [0.25, 0.3) is 0 Å². The molecule has 1 N–H and O–H groups in total. The Hall–Kier alpha value is -5.93. The van der Waals surface area contributed by atoms with Crippen LogP contribution in [0, 0.1) is 5.82 Å². The van der Waals surface area contributed by atoms with Crippen molar-refractivity contribution in [2.24, 2.45) is 0 Å². The standard InChI is InChI=1S/C43H37FN6OS/c1-51-37-20-11-21-38(27-37)52-42-48-47-41(25-31-28-45-40-26-35(44)22-23-39(31)40)50(42)24-12-19-36-29-49(30-46-36)43(32-13-5-2-6-14-32,33-15-7-3-8-16-33)34-17-9-4-10-18-34/h2-11,13-18,20-23,26-30,45H,12,19,24-25H2,1H3. The molecule has 0 aliphatic rings. The molecular formula is C43H37FN6OS. The Bertz CT molecular complexity index is 2310. The van der Waals surface area contributed by atoms with Gasteiger partial charge in [-0.1, -0.05) is 97.1 Å². The summed E-state index contributed by atoms with van der Waals surface area (Å²) in [5.41, 5.74) is 5.67. The summed E-state index contributed by atoms with van der Waals surface area (Å²) < 4.78 is 23.9. The lowest BCUT2D eigenvalue weighted by Crippen LogP contribution is -2.36. The van der Waals surface area contributed by atoms with Gasteiger partial charge in [0.05, 0.1) is 19.1 Å². The Labute approximate surface area is 306 Å². The molecule has 5 aromatic carbocycles. The lowest BCUT2D eigenvalue weighted by atomic mass is 9.77. The van der Waals surface area contributed by atoms with Crippen molar-refractivity contribution < 1.29 is 9.13 Å². The van der Waals surface area contributed by atoms with E-state index >= 15 is 0 Å². The Morgan fingerprint density at radius 3 is 2.15 bits per heavy atom. The Balaban J connectivity index is 1.10. The first-order valence-electron chi connectivity index (χ1n) is 17.3. The maximum atomic E-state index is 13.9. The van der Waals surface area contributed by atoms with Crippen LogP contribution in [0.5, 0.6) is 5.75 Å². The third-order valence-electron chi connectivity index (χ3n) is 9.53. The van der Waals surface area contributed by atoms with Gasteiger partial charge in [0.1, 0.15) is 22.9 Å². The molecule has 0 saturated heterocycles. The average Bonchev–Trinajstić information content (AvgIpc) is 3.93. The summed E-state index contributed by atoms with van der Waals surface area (Å²) in [4.78, 5) is 9.21. The zero-order valence-electron chi connectivity index (χ0n) is 28.7. The smallest absolute Gasteiger partial charge is 0.196 e. The predicted molar refractivity (Wildman–Crippen MR) is 203 cm³/mol. The van der Waals surface area contributed by atoms with Crippen LogP contribution in [0.2, 0.25) is 0 Å². The molecule has 0 saturated carbocycles. The summed E-state index contributed by atoms with van der Waals surface area (Å²) >= 11 is 1.56. The molecule has 0 radical (unpaired) electrons. The van der Waals surface area contributed by atoms with Crippen molar-refractivity contribution in [3.63, 3.8) is 0 Å². The van der Waals surface area contributed by atoms with Crippen molar-refractivity contribution >= 4 is 22.7 Å². The van der Waals surface area contributed by atoms with E-state index in [1.807, 2.05) is 42.9 Å². The summed E-state index contributed by atoms with van der Waals surface area (Å²) in [5, 5.41) is 11.1. The molecule has 0 spiro atoms. The monoisotopic (exact) mass is 704 g/mol. The molecule has 3 aromatic heterocycles. The third kappa shape index (κ3) is 6.51. The van der Waals surface area contributed by atoms with E-state index in [-0.39, 0.29) is 5.82 Å². The fourth-order valence-corrected chi connectivity index (χ4v) is 8.00. The van der Waals surface area contributed by atoms with Crippen molar-refractivity contribution in [2.75, 3.05) is 7.11 Å². The molecule has 7 nitrogen and oxygen atoms in total. The largest absolute Gasteiger partial charge is 0.497 e. The maximum Gasteiger partial charge on any atom is 0.196 e. The Kier molecular flexibility index (Phi) is 9.42. The molecule has 0 unspecified atom stereocenters. The first-order valence-corrected chi connectivity index (χ1v) is 18.1. The van der Waals surface area contributed by atoms with Crippen molar-refractivity contribution in [2.45, 2.75) is 41.4 Å². The fourth-order valence-electron chi connectivity index (χ4n) is 7.07.